The van der Waals surface area contributed by atoms with Crippen LogP contribution in [0.25, 0.3) is 0 Å². The highest BCUT2D eigenvalue weighted by molar-refractivity contribution is 7.88. The molecular weight excluding hydrogens is 307 g/mol. The first-order valence-corrected chi connectivity index (χ1v) is 7.03. The Bertz CT molecular complexity index is 620. The predicted octanol–water partition coefficient (Wildman–Crippen LogP) is 3.46. The number of halogens is 5. The molecule has 2 rings (SSSR count). The van der Waals surface area contributed by atoms with Crippen molar-refractivity contribution >= 4 is 10.1 Å². The van der Waals surface area contributed by atoms with Gasteiger partial charge in [-0.3, -0.25) is 0 Å². The van der Waals surface area contributed by atoms with Crippen molar-refractivity contribution in [2.24, 2.45) is 0 Å². The zero-order valence-corrected chi connectivity index (χ0v) is 10.7. The maximum atomic E-state index is 13.7. The Labute approximate surface area is 111 Å². The zero-order chi connectivity index (χ0) is 15.1. The summed E-state index contributed by atoms with van der Waals surface area (Å²) in [5.74, 6) is -3.98. The average molecular weight is 316 g/mol. The largest absolute Gasteiger partial charge is 0.534 e. The molecule has 0 aromatic heterocycles. The van der Waals surface area contributed by atoms with Gasteiger partial charge in [-0.1, -0.05) is 6.42 Å². The van der Waals surface area contributed by atoms with Crippen molar-refractivity contribution in [1.82, 2.24) is 0 Å². The van der Waals surface area contributed by atoms with E-state index in [1.54, 1.807) is 0 Å². The molecule has 0 amide bonds. The quantitative estimate of drug-likeness (QED) is 0.487. The fourth-order valence-electron chi connectivity index (χ4n) is 1.86. The molecule has 1 aromatic rings. The summed E-state index contributed by atoms with van der Waals surface area (Å²) in [5.41, 5.74) is -6.08. The third-order valence-electron chi connectivity index (χ3n) is 3.09. The van der Waals surface area contributed by atoms with Crippen molar-refractivity contribution in [1.29, 1.82) is 0 Å². The molecular formula is C11H9F5O3S. The molecule has 0 heterocycles. The number of rotatable bonds is 3. The summed E-state index contributed by atoms with van der Waals surface area (Å²) in [7, 11) is -5.91. The molecule has 1 aromatic carbocycles. The second kappa shape index (κ2) is 4.87. The smallest absolute Gasteiger partial charge is 0.376 e. The van der Waals surface area contributed by atoms with Crippen molar-refractivity contribution in [3.05, 3.63) is 29.3 Å². The number of hydrogen-bond donors (Lipinski definition) is 0. The van der Waals surface area contributed by atoms with Crippen LogP contribution in [0, 0.1) is 11.6 Å². The van der Waals surface area contributed by atoms with E-state index < -0.39 is 44.5 Å². The van der Waals surface area contributed by atoms with Crippen LogP contribution in [0.4, 0.5) is 22.0 Å². The normalized spacial score (nSPS) is 16.9. The van der Waals surface area contributed by atoms with Crippen LogP contribution in [0.5, 0.6) is 5.75 Å². The average Bonchev–Trinajstić information content (AvgIpc) is 2.24. The van der Waals surface area contributed by atoms with Crippen LogP contribution in [0.1, 0.15) is 30.7 Å². The van der Waals surface area contributed by atoms with Crippen molar-refractivity contribution in [3.8, 4) is 5.75 Å². The molecule has 0 saturated heterocycles. The van der Waals surface area contributed by atoms with Gasteiger partial charge in [-0.15, -0.1) is 0 Å². The Balaban J connectivity index is 2.45. The number of alkyl halides is 3. The van der Waals surface area contributed by atoms with E-state index in [2.05, 4.69) is 4.18 Å². The van der Waals surface area contributed by atoms with Gasteiger partial charge < -0.3 is 4.18 Å². The molecule has 1 aliphatic rings. The Morgan fingerprint density at radius 2 is 1.75 bits per heavy atom. The monoisotopic (exact) mass is 316 g/mol. The highest BCUT2D eigenvalue weighted by Crippen LogP contribution is 2.43. The van der Waals surface area contributed by atoms with Crippen LogP contribution >= 0.6 is 0 Å². The summed E-state index contributed by atoms with van der Waals surface area (Å²) < 4.78 is 89.4. The van der Waals surface area contributed by atoms with Gasteiger partial charge in [0, 0.05) is 5.56 Å². The maximum Gasteiger partial charge on any atom is 0.534 e. The first-order chi connectivity index (χ1) is 9.13. The van der Waals surface area contributed by atoms with Gasteiger partial charge in [-0.2, -0.15) is 21.6 Å². The SMILES string of the molecule is O=S(=O)(Oc1ccc(F)c(F)c1C1CCC1)C(F)(F)F. The minimum atomic E-state index is -5.91. The molecule has 0 atom stereocenters. The standard InChI is InChI=1S/C11H9F5O3S/c12-7-4-5-8(19-20(17,18)11(14,15)16)9(10(7)13)6-2-1-3-6/h4-6H,1-3H2. The first-order valence-electron chi connectivity index (χ1n) is 5.62. The lowest BCUT2D eigenvalue weighted by Gasteiger charge is -2.27. The van der Waals surface area contributed by atoms with E-state index in [1.165, 1.54) is 0 Å². The molecule has 0 bridgehead atoms. The maximum absolute atomic E-state index is 13.7. The summed E-state index contributed by atoms with van der Waals surface area (Å²) >= 11 is 0. The van der Waals surface area contributed by atoms with Crippen LogP contribution < -0.4 is 4.18 Å². The number of hydrogen-bond acceptors (Lipinski definition) is 3. The van der Waals surface area contributed by atoms with E-state index in [1.807, 2.05) is 0 Å². The van der Waals surface area contributed by atoms with Crippen LogP contribution in [0.3, 0.4) is 0 Å². The second-order valence-electron chi connectivity index (χ2n) is 4.38. The summed E-state index contributed by atoms with van der Waals surface area (Å²) in [6.45, 7) is 0. The fraction of sp³-hybridized carbons (Fsp3) is 0.455. The Hall–Kier alpha value is -1.38. The van der Waals surface area contributed by atoms with Gasteiger partial charge in [0.15, 0.2) is 11.6 Å². The first kappa shape index (κ1) is 15.0. The van der Waals surface area contributed by atoms with E-state index in [4.69, 9.17) is 0 Å². The molecule has 3 nitrogen and oxygen atoms in total. The highest BCUT2D eigenvalue weighted by atomic mass is 32.2. The van der Waals surface area contributed by atoms with E-state index in [9.17, 15) is 30.4 Å². The highest BCUT2D eigenvalue weighted by Gasteiger charge is 2.49. The lowest BCUT2D eigenvalue weighted by Crippen LogP contribution is -2.29. The van der Waals surface area contributed by atoms with Crippen LogP contribution in [-0.2, 0) is 10.1 Å². The van der Waals surface area contributed by atoms with Crippen LogP contribution in [0.2, 0.25) is 0 Å². The van der Waals surface area contributed by atoms with E-state index in [-0.39, 0.29) is 0 Å². The molecule has 0 N–H and O–H groups in total. The zero-order valence-electron chi connectivity index (χ0n) is 9.88. The van der Waals surface area contributed by atoms with E-state index in [0.717, 1.165) is 0 Å². The molecule has 112 valence electrons. The molecule has 1 fully saturated rings. The third-order valence-corrected chi connectivity index (χ3v) is 4.05. The summed E-state index contributed by atoms with van der Waals surface area (Å²) in [6, 6.07) is 1.22. The van der Waals surface area contributed by atoms with Gasteiger partial charge >= 0.3 is 15.6 Å². The van der Waals surface area contributed by atoms with Gasteiger partial charge in [0.1, 0.15) is 5.75 Å². The van der Waals surface area contributed by atoms with Crippen LogP contribution in [0.15, 0.2) is 12.1 Å². The molecule has 0 radical (unpaired) electrons. The van der Waals surface area contributed by atoms with Gasteiger partial charge in [0.2, 0.25) is 0 Å². The minimum Gasteiger partial charge on any atom is -0.376 e. The van der Waals surface area contributed by atoms with Gasteiger partial charge in [0.05, 0.1) is 0 Å². The van der Waals surface area contributed by atoms with E-state index >= 15 is 0 Å². The Morgan fingerprint density at radius 3 is 2.20 bits per heavy atom. The van der Waals surface area contributed by atoms with Crippen molar-refractivity contribution in [3.63, 3.8) is 0 Å². The molecule has 0 unspecified atom stereocenters. The molecule has 20 heavy (non-hydrogen) atoms. The van der Waals surface area contributed by atoms with Crippen molar-refractivity contribution in [2.75, 3.05) is 0 Å². The van der Waals surface area contributed by atoms with Crippen molar-refractivity contribution < 1.29 is 34.6 Å². The molecule has 1 aliphatic carbocycles. The summed E-state index contributed by atoms with van der Waals surface area (Å²) in [4.78, 5) is 0. The van der Waals surface area contributed by atoms with E-state index in [0.29, 0.717) is 31.4 Å². The molecule has 1 saturated carbocycles. The van der Waals surface area contributed by atoms with Gasteiger partial charge in [-0.05, 0) is 30.9 Å². The second-order valence-corrected chi connectivity index (χ2v) is 5.92. The van der Waals surface area contributed by atoms with Gasteiger partial charge in [0.25, 0.3) is 0 Å². The predicted molar refractivity (Wildman–Crippen MR) is 58.6 cm³/mol. The lowest BCUT2D eigenvalue weighted by atomic mass is 9.79. The topological polar surface area (TPSA) is 43.4 Å². The van der Waals surface area contributed by atoms with Crippen LogP contribution in [-0.4, -0.2) is 13.9 Å². The van der Waals surface area contributed by atoms with Crippen molar-refractivity contribution in [2.45, 2.75) is 30.7 Å². The molecule has 0 aliphatic heterocycles. The number of benzene rings is 1. The Kier molecular flexibility index (Phi) is 3.66. The minimum absolute atomic E-state index is 0.433. The Morgan fingerprint density at radius 1 is 1.15 bits per heavy atom. The summed E-state index contributed by atoms with van der Waals surface area (Å²) in [6.07, 6.45) is 1.57. The molecule has 0 spiro atoms. The fourth-order valence-corrected chi connectivity index (χ4v) is 2.34. The van der Waals surface area contributed by atoms with Gasteiger partial charge in [-0.25, -0.2) is 8.78 Å². The lowest BCUT2D eigenvalue weighted by molar-refractivity contribution is -0.0500. The molecule has 9 heteroatoms. The third kappa shape index (κ3) is 2.58. The summed E-state index contributed by atoms with van der Waals surface area (Å²) in [5, 5.41) is 0.